The molecule has 1 heterocycles. The van der Waals surface area contributed by atoms with Crippen LogP contribution in [0.25, 0.3) is 11.1 Å². The van der Waals surface area contributed by atoms with Crippen molar-refractivity contribution in [2.45, 2.75) is 33.7 Å². The van der Waals surface area contributed by atoms with Crippen LogP contribution in [0.5, 0.6) is 0 Å². The highest BCUT2D eigenvalue weighted by molar-refractivity contribution is 6.68. The number of halogens is 2. The molecule has 0 saturated carbocycles. The first kappa shape index (κ1) is 17.9. The van der Waals surface area contributed by atoms with Crippen molar-refractivity contribution in [2.24, 2.45) is 11.7 Å². The maximum Gasteiger partial charge on any atom is 0.254 e. The zero-order chi connectivity index (χ0) is 17.1. The van der Waals surface area contributed by atoms with Gasteiger partial charge in [0.15, 0.2) is 0 Å². The van der Waals surface area contributed by atoms with E-state index in [0.717, 1.165) is 28.8 Å². The van der Waals surface area contributed by atoms with Crippen molar-refractivity contribution in [3.05, 3.63) is 51.8 Å². The van der Waals surface area contributed by atoms with Crippen molar-refractivity contribution < 1.29 is 4.79 Å². The SMILES string of the molecule is Cc1nc(CC(C)C)c(CN)c(-c2ccc(Cl)cc2)c1C(=O)Cl. The highest BCUT2D eigenvalue weighted by Gasteiger charge is 2.22. The van der Waals surface area contributed by atoms with Crippen LogP contribution >= 0.6 is 23.2 Å². The number of rotatable bonds is 5. The first-order valence-electron chi connectivity index (χ1n) is 7.53. The van der Waals surface area contributed by atoms with E-state index in [0.29, 0.717) is 28.7 Å². The van der Waals surface area contributed by atoms with Crippen LogP contribution in [0.1, 0.15) is 41.2 Å². The number of carbonyl (C=O) groups excluding carboxylic acids is 1. The monoisotopic (exact) mass is 350 g/mol. The molecule has 0 bridgehead atoms. The number of aromatic nitrogens is 1. The Morgan fingerprint density at radius 3 is 2.35 bits per heavy atom. The molecule has 0 unspecified atom stereocenters. The van der Waals surface area contributed by atoms with Crippen molar-refractivity contribution in [3.8, 4) is 11.1 Å². The third kappa shape index (κ3) is 3.92. The quantitative estimate of drug-likeness (QED) is 0.791. The van der Waals surface area contributed by atoms with Crippen LogP contribution in [0.2, 0.25) is 5.02 Å². The first-order valence-corrected chi connectivity index (χ1v) is 8.28. The van der Waals surface area contributed by atoms with Crippen LogP contribution in [0, 0.1) is 12.8 Å². The summed E-state index contributed by atoms with van der Waals surface area (Å²) in [7, 11) is 0. The van der Waals surface area contributed by atoms with Gasteiger partial charge >= 0.3 is 0 Å². The van der Waals surface area contributed by atoms with E-state index >= 15 is 0 Å². The van der Waals surface area contributed by atoms with Crippen molar-refractivity contribution in [1.29, 1.82) is 0 Å². The molecule has 0 saturated heterocycles. The lowest BCUT2D eigenvalue weighted by Crippen LogP contribution is -2.14. The Kier molecular flexibility index (Phi) is 5.79. The smallest absolute Gasteiger partial charge is 0.254 e. The predicted molar refractivity (Wildman–Crippen MR) is 96.0 cm³/mol. The summed E-state index contributed by atoms with van der Waals surface area (Å²) in [5.74, 6) is 0.433. The Hall–Kier alpha value is -1.42. The summed E-state index contributed by atoms with van der Waals surface area (Å²) >= 11 is 11.8. The van der Waals surface area contributed by atoms with Gasteiger partial charge in [-0.3, -0.25) is 9.78 Å². The van der Waals surface area contributed by atoms with Crippen LogP contribution in [0.15, 0.2) is 24.3 Å². The third-order valence-electron chi connectivity index (χ3n) is 3.70. The second kappa shape index (κ2) is 7.43. The van der Waals surface area contributed by atoms with Crippen LogP contribution in [0.4, 0.5) is 0 Å². The Morgan fingerprint density at radius 2 is 1.87 bits per heavy atom. The molecule has 5 heteroatoms. The summed E-state index contributed by atoms with van der Waals surface area (Å²) in [5, 5.41) is 0.112. The number of nitrogens with zero attached hydrogens (tertiary/aromatic N) is 1. The first-order chi connectivity index (χ1) is 10.8. The second-order valence-corrected chi connectivity index (χ2v) is 6.73. The minimum absolute atomic E-state index is 0.296. The minimum Gasteiger partial charge on any atom is -0.326 e. The molecular weight excluding hydrogens is 331 g/mol. The molecule has 0 atom stereocenters. The van der Waals surface area contributed by atoms with E-state index in [9.17, 15) is 4.79 Å². The predicted octanol–water partition coefficient (Wildman–Crippen LogP) is 4.75. The van der Waals surface area contributed by atoms with Gasteiger partial charge in [0, 0.05) is 22.8 Å². The van der Waals surface area contributed by atoms with Crippen molar-refractivity contribution in [3.63, 3.8) is 0 Å². The molecule has 2 N–H and O–H groups in total. The molecule has 0 aliphatic heterocycles. The largest absolute Gasteiger partial charge is 0.326 e. The summed E-state index contributed by atoms with van der Waals surface area (Å²) < 4.78 is 0. The molecule has 23 heavy (non-hydrogen) atoms. The molecule has 1 aromatic carbocycles. The lowest BCUT2D eigenvalue weighted by Gasteiger charge is -2.19. The molecule has 122 valence electrons. The standard InChI is InChI=1S/C18H20Cl2N2O/c1-10(2)8-15-14(9-21)17(12-4-6-13(19)7-5-12)16(18(20)23)11(3)22-15/h4-7,10H,8-9,21H2,1-3H3. The van der Waals surface area contributed by atoms with Crippen LogP contribution in [-0.4, -0.2) is 10.2 Å². The van der Waals surface area contributed by atoms with E-state index < -0.39 is 5.24 Å². The summed E-state index contributed by atoms with van der Waals surface area (Å²) in [6.07, 6.45) is 0.796. The number of carbonyl (C=O) groups is 1. The molecule has 1 aromatic heterocycles. The van der Waals surface area contributed by atoms with Gasteiger partial charge in [0.25, 0.3) is 5.24 Å². The average molecular weight is 351 g/mol. The molecule has 2 rings (SSSR count). The normalized spacial score (nSPS) is 11.1. The van der Waals surface area contributed by atoms with E-state index in [-0.39, 0.29) is 0 Å². The summed E-state index contributed by atoms with van der Waals surface area (Å²) in [6, 6.07) is 7.33. The summed E-state index contributed by atoms with van der Waals surface area (Å²) in [6.45, 7) is 6.35. The summed E-state index contributed by atoms with van der Waals surface area (Å²) in [5.41, 5.74) is 10.5. The maximum atomic E-state index is 12.0. The van der Waals surface area contributed by atoms with Crippen molar-refractivity contribution in [2.75, 3.05) is 0 Å². The van der Waals surface area contributed by atoms with Gasteiger partial charge in [-0.25, -0.2) is 0 Å². The number of aryl methyl sites for hydroxylation is 1. The van der Waals surface area contributed by atoms with Gasteiger partial charge in [-0.2, -0.15) is 0 Å². The highest BCUT2D eigenvalue weighted by Crippen LogP contribution is 2.33. The molecule has 0 aliphatic carbocycles. The minimum atomic E-state index is -0.522. The molecule has 0 amide bonds. The Labute approximate surface area is 146 Å². The molecule has 0 radical (unpaired) electrons. The molecule has 2 aromatic rings. The van der Waals surface area contributed by atoms with Gasteiger partial charge in [0.1, 0.15) is 0 Å². The Balaban J connectivity index is 2.80. The van der Waals surface area contributed by atoms with Gasteiger partial charge in [-0.15, -0.1) is 0 Å². The van der Waals surface area contributed by atoms with E-state index in [1.807, 2.05) is 12.1 Å². The third-order valence-corrected chi connectivity index (χ3v) is 4.14. The second-order valence-electron chi connectivity index (χ2n) is 5.96. The van der Waals surface area contributed by atoms with E-state index in [1.165, 1.54) is 0 Å². The number of hydrogen-bond acceptors (Lipinski definition) is 3. The van der Waals surface area contributed by atoms with E-state index in [4.69, 9.17) is 28.9 Å². The number of nitrogens with two attached hydrogens (primary N) is 1. The zero-order valence-corrected chi connectivity index (χ0v) is 15.0. The average Bonchev–Trinajstić information content (AvgIpc) is 2.46. The van der Waals surface area contributed by atoms with Crippen molar-refractivity contribution in [1.82, 2.24) is 4.98 Å². The van der Waals surface area contributed by atoms with E-state index in [1.54, 1.807) is 19.1 Å². The fourth-order valence-electron chi connectivity index (χ4n) is 2.75. The fourth-order valence-corrected chi connectivity index (χ4v) is 3.11. The number of hydrogen-bond donors (Lipinski definition) is 1. The topological polar surface area (TPSA) is 56.0 Å². The van der Waals surface area contributed by atoms with Crippen LogP contribution in [0.3, 0.4) is 0 Å². The summed E-state index contributed by atoms with van der Waals surface area (Å²) in [4.78, 5) is 16.6. The number of benzene rings is 1. The highest BCUT2D eigenvalue weighted by atomic mass is 35.5. The lowest BCUT2D eigenvalue weighted by molar-refractivity contribution is 0.108. The zero-order valence-electron chi connectivity index (χ0n) is 13.5. The van der Waals surface area contributed by atoms with E-state index in [2.05, 4.69) is 18.8 Å². The lowest BCUT2D eigenvalue weighted by atomic mass is 9.90. The van der Waals surface area contributed by atoms with Gasteiger partial charge in [0.05, 0.1) is 11.3 Å². The fraction of sp³-hybridized carbons (Fsp3) is 0.333. The van der Waals surface area contributed by atoms with Gasteiger partial charge < -0.3 is 5.73 Å². The molecule has 0 spiro atoms. The molecular formula is C18H20Cl2N2O. The Morgan fingerprint density at radius 1 is 1.26 bits per heavy atom. The molecule has 3 nitrogen and oxygen atoms in total. The Bertz CT molecular complexity index is 725. The molecule has 0 fully saturated rings. The van der Waals surface area contributed by atoms with Crippen molar-refractivity contribution >= 4 is 28.4 Å². The van der Waals surface area contributed by atoms with Gasteiger partial charge in [0.2, 0.25) is 0 Å². The van der Waals surface area contributed by atoms with Gasteiger partial charge in [-0.05, 0) is 54.1 Å². The van der Waals surface area contributed by atoms with Crippen LogP contribution in [-0.2, 0) is 13.0 Å². The van der Waals surface area contributed by atoms with Gasteiger partial charge in [-0.1, -0.05) is 37.6 Å². The van der Waals surface area contributed by atoms with Crippen LogP contribution < -0.4 is 5.73 Å². The number of pyridine rings is 1. The molecule has 0 aliphatic rings. The maximum absolute atomic E-state index is 12.0.